The Morgan fingerprint density at radius 2 is 2.16 bits per heavy atom. The largest absolute Gasteiger partial charge is 0.308 e. The average Bonchev–Trinajstić information content (AvgIpc) is 2.46. The maximum atomic E-state index is 6.16. The lowest BCUT2D eigenvalue weighted by Crippen LogP contribution is -2.24. The van der Waals surface area contributed by atoms with E-state index in [-0.39, 0.29) is 6.04 Å². The molecule has 19 heavy (non-hydrogen) atoms. The highest BCUT2D eigenvalue weighted by Crippen LogP contribution is 2.29. The summed E-state index contributed by atoms with van der Waals surface area (Å²) in [7, 11) is 0. The molecule has 1 aromatic carbocycles. The number of nitrogens with zero attached hydrogens (tertiary/aromatic N) is 2. The molecule has 0 aliphatic carbocycles. The lowest BCUT2D eigenvalue weighted by atomic mass is 10.2. The van der Waals surface area contributed by atoms with Gasteiger partial charge in [0.1, 0.15) is 0 Å². The van der Waals surface area contributed by atoms with E-state index in [4.69, 9.17) is 11.6 Å². The van der Waals surface area contributed by atoms with Gasteiger partial charge in [-0.2, -0.15) is 0 Å². The maximum Gasteiger partial charge on any atom is 0.0764 e. The van der Waals surface area contributed by atoms with Gasteiger partial charge in [0.2, 0.25) is 0 Å². The monoisotopic (exact) mass is 293 g/mol. The summed E-state index contributed by atoms with van der Waals surface area (Å²) in [6.45, 7) is 2.98. The third-order valence-corrected chi connectivity index (χ3v) is 4.24. The zero-order valence-electron chi connectivity index (χ0n) is 10.7. The molecule has 2 rings (SSSR count). The van der Waals surface area contributed by atoms with Gasteiger partial charge in [-0.15, -0.1) is 11.8 Å². The number of rotatable bonds is 6. The molecule has 0 saturated heterocycles. The molecule has 1 aromatic heterocycles. The van der Waals surface area contributed by atoms with E-state index in [2.05, 4.69) is 22.2 Å². The Morgan fingerprint density at radius 3 is 2.84 bits per heavy atom. The van der Waals surface area contributed by atoms with E-state index in [0.717, 1.165) is 27.9 Å². The molecule has 1 atom stereocenters. The van der Waals surface area contributed by atoms with Crippen LogP contribution < -0.4 is 5.32 Å². The van der Waals surface area contributed by atoms with E-state index in [1.807, 2.05) is 24.3 Å². The number of halogens is 1. The molecule has 1 heterocycles. The summed E-state index contributed by atoms with van der Waals surface area (Å²) in [6, 6.07) is 8.07. The fourth-order valence-electron chi connectivity index (χ4n) is 1.72. The van der Waals surface area contributed by atoms with E-state index < -0.39 is 0 Å². The summed E-state index contributed by atoms with van der Waals surface area (Å²) >= 11 is 7.89. The van der Waals surface area contributed by atoms with E-state index in [9.17, 15) is 0 Å². The Labute approximate surface area is 122 Å². The van der Waals surface area contributed by atoms with Gasteiger partial charge in [0.05, 0.1) is 16.8 Å². The van der Waals surface area contributed by atoms with Crippen LogP contribution in [0.3, 0.4) is 0 Å². The molecule has 2 aromatic rings. The van der Waals surface area contributed by atoms with Crippen LogP contribution in [0.4, 0.5) is 0 Å². The number of aromatic nitrogens is 2. The number of nitrogens with one attached hydrogen (secondary N) is 1. The Balaban J connectivity index is 2.04. The molecule has 0 spiro atoms. The summed E-state index contributed by atoms with van der Waals surface area (Å²) in [5, 5.41) is 4.22. The van der Waals surface area contributed by atoms with Crippen LogP contribution in [0.25, 0.3) is 0 Å². The van der Waals surface area contributed by atoms with E-state index in [1.165, 1.54) is 0 Å². The second kappa shape index (κ2) is 7.48. The lowest BCUT2D eigenvalue weighted by molar-refractivity contribution is 0.588. The molecule has 0 fully saturated rings. The minimum atomic E-state index is 0.181. The molecule has 5 heteroatoms. The first-order valence-electron chi connectivity index (χ1n) is 6.18. The van der Waals surface area contributed by atoms with Crippen molar-refractivity contribution >= 4 is 23.4 Å². The molecule has 100 valence electrons. The van der Waals surface area contributed by atoms with E-state index in [1.54, 1.807) is 30.4 Å². The summed E-state index contributed by atoms with van der Waals surface area (Å²) in [4.78, 5) is 9.58. The fourth-order valence-corrected chi connectivity index (χ4v) is 3.04. The lowest BCUT2D eigenvalue weighted by Gasteiger charge is -2.16. The SMILES string of the molecule is CCNC(CSc1ccccc1Cl)c1cnccn1. The Morgan fingerprint density at radius 1 is 1.32 bits per heavy atom. The van der Waals surface area contributed by atoms with Crippen molar-refractivity contribution < 1.29 is 0 Å². The fraction of sp³-hybridized carbons (Fsp3) is 0.286. The highest BCUT2D eigenvalue weighted by atomic mass is 35.5. The molecule has 0 bridgehead atoms. The summed E-state index contributed by atoms with van der Waals surface area (Å²) in [5.41, 5.74) is 0.962. The van der Waals surface area contributed by atoms with Crippen LogP contribution in [0.5, 0.6) is 0 Å². The third-order valence-electron chi connectivity index (χ3n) is 2.63. The highest BCUT2D eigenvalue weighted by molar-refractivity contribution is 7.99. The van der Waals surface area contributed by atoms with Gasteiger partial charge in [0.25, 0.3) is 0 Å². The average molecular weight is 294 g/mol. The van der Waals surface area contributed by atoms with Crippen molar-refractivity contribution in [2.45, 2.75) is 17.9 Å². The second-order valence-corrected chi connectivity index (χ2v) is 5.45. The minimum Gasteiger partial charge on any atom is -0.308 e. The molecule has 3 nitrogen and oxygen atoms in total. The molecule has 0 saturated carbocycles. The predicted molar refractivity (Wildman–Crippen MR) is 80.6 cm³/mol. The minimum absolute atomic E-state index is 0.181. The number of benzene rings is 1. The first kappa shape index (κ1) is 14.3. The van der Waals surface area contributed by atoms with E-state index in [0.29, 0.717) is 0 Å². The summed E-state index contributed by atoms with van der Waals surface area (Å²) in [6.07, 6.45) is 5.22. The smallest absolute Gasteiger partial charge is 0.0764 e. The third kappa shape index (κ3) is 4.20. The number of thioether (sulfide) groups is 1. The van der Waals surface area contributed by atoms with Crippen molar-refractivity contribution in [1.29, 1.82) is 0 Å². The second-order valence-electron chi connectivity index (χ2n) is 3.98. The van der Waals surface area contributed by atoms with Crippen LogP contribution in [-0.4, -0.2) is 22.3 Å². The van der Waals surface area contributed by atoms with Crippen molar-refractivity contribution in [2.24, 2.45) is 0 Å². The van der Waals surface area contributed by atoms with Crippen LogP contribution in [0.2, 0.25) is 5.02 Å². The molecule has 0 amide bonds. The van der Waals surface area contributed by atoms with Gasteiger partial charge in [-0.3, -0.25) is 9.97 Å². The van der Waals surface area contributed by atoms with Gasteiger partial charge < -0.3 is 5.32 Å². The molecule has 1 unspecified atom stereocenters. The molecule has 0 aliphatic rings. The normalized spacial score (nSPS) is 12.3. The van der Waals surface area contributed by atoms with Crippen LogP contribution >= 0.6 is 23.4 Å². The van der Waals surface area contributed by atoms with Gasteiger partial charge in [-0.1, -0.05) is 30.7 Å². The topological polar surface area (TPSA) is 37.8 Å². The van der Waals surface area contributed by atoms with Gasteiger partial charge >= 0.3 is 0 Å². The standard InChI is InChI=1S/C14H16ClN3S/c1-2-17-13(12-9-16-7-8-18-12)10-19-14-6-4-3-5-11(14)15/h3-9,13,17H,2,10H2,1H3. The summed E-state index contributed by atoms with van der Waals surface area (Å²) in [5.74, 6) is 0.871. The molecule has 0 radical (unpaired) electrons. The Bertz CT molecular complexity index is 507. The van der Waals surface area contributed by atoms with Gasteiger partial charge in [-0.25, -0.2) is 0 Å². The van der Waals surface area contributed by atoms with Crippen molar-refractivity contribution in [3.05, 3.63) is 53.6 Å². The maximum absolute atomic E-state index is 6.16. The van der Waals surface area contributed by atoms with Crippen molar-refractivity contribution in [3.8, 4) is 0 Å². The van der Waals surface area contributed by atoms with Gasteiger partial charge in [0.15, 0.2) is 0 Å². The van der Waals surface area contributed by atoms with Gasteiger partial charge in [0, 0.05) is 29.2 Å². The Kier molecular flexibility index (Phi) is 5.63. The molecule has 0 aliphatic heterocycles. The molecular weight excluding hydrogens is 278 g/mol. The van der Waals surface area contributed by atoms with Crippen molar-refractivity contribution in [2.75, 3.05) is 12.3 Å². The number of hydrogen-bond acceptors (Lipinski definition) is 4. The van der Waals surface area contributed by atoms with Crippen molar-refractivity contribution in [1.82, 2.24) is 15.3 Å². The predicted octanol–water partition coefficient (Wildman–Crippen LogP) is 3.57. The zero-order valence-corrected chi connectivity index (χ0v) is 12.3. The van der Waals surface area contributed by atoms with Crippen LogP contribution in [0, 0.1) is 0 Å². The van der Waals surface area contributed by atoms with Crippen LogP contribution in [0.1, 0.15) is 18.7 Å². The zero-order chi connectivity index (χ0) is 13.5. The highest BCUT2D eigenvalue weighted by Gasteiger charge is 2.13. The number of hydrogen-bond donors (Lipinski definition) is 1. The van der Waals surface area contributed by atoms with Crippen molar-refractivity contribution in [3.63, 3.8) is 0 Å². The first-order valence-corrected chi connectivity index (χ1v) is 7.54. The molecule has 1 N–H and O–H groups in total. The Hall–Kier alpha value is -1.10. The molecular formula is C14H16ClN3S. The summed E-state index contributed by atoms with van der Waals surface area (Å²) < 4.78 is 0. The van der Waals surface area contributed by atoms with Gasteiger partial charge in [-0.05, 0) is 18.7 Å². The van der Waals surface area contributed by atoms with Crippen LogP contribution in [0.15, 0.2) is 47.8 Å². The quantitative estimate of drug-likeness (QED) is 0.826. The first-order chi connectivity index (χ1) is 9.31. The van der Waals surface area contributed by atoms with E-state index >= 15 is 0 Å². The van der Waals surface area contributed by atoms with Crippen LogP contribution in [-0.2, 0) is 0 Å².